The molecule has 4 rings (SSSR count). The van der Waals surface area contributed by atoms with Crippen molar-refractivity contribution in [3.63, 3.8) is 0 Å². The summed E-state index contributed by atoms with van der Waals surface area (Å²) in [6.45, 7) is -0.196. The normalized spacial score (nSPS) is 14.4. The first-order valence-electron chi connectivity index (χ1n) is 9.00. The zero-order valence-corrected chi connectivity index (χ0v) is 15.4. The summed E-state index contributed by atoms with van der Waals surface area (Å²) in [5, 5.41) is 8.66. The molecule has 1 aliphatic heterocycles. The summed E-state index contributed by atoms with van der Waals surface area (Å²) in [5.74, 6) is 0.857. The number of carbonyl (C=O) groups is 2. The quantitative estimate of drug-likeness (QED) is 0.618. The van der Waals surface area contributed by atoms with Crippen molar-refractivity contribution in [2.75, 3.05) is 11.5 Å². The average Bonchev–Trinajstić information content (AvgIpc) is 2.94. The third-order valence-electron chi connectivity index (χ3n) is 4.52. The molecule has 2 amide bonds. The van der Waals surface area contributed by atoms with Crippen LogP contribution in [0, 0.1) is 0 Å². The van der Waals surface area contributed by atoms with Crippen LogP contribution in [0.5, 0.6) is 11.5 Å². The topological polar surface area (TPSA) is 88.1 Å². The van der Waals surface area contributed by atoms with Crippen molar-refractivity contribution in [3.8, 4) is 11.5 Å². The van der Waals surface area contributed by atoms with E-state index in [1.54, 1.807) is 23.8 Å². The van der Waals surface area contributed by atoms with Gasteiger partial charge in [-0.2, -0.15) is 0 Å². The van der Waals surface area contributed by atoms with Gasteiger partial charge in [0.1, 0.15) is 11.5 Å². The van der Waals surface area contributed by atoms with Gasteiger partial charge in [0.25, 0.3) is 11.8 Å². The van der Waals surface area contributed by atoms with E-state index in [1.807, 2.05) is 42.5 Å². The maximum Gasteiger partial charge on any atom is 0.274 e. The molecule has 0 fully saturated rings. The molecule has 29 heavy (non-hydrogen) atoms. The number of hydrogen-bond acceptors (Lipinski definition) is 5. The predicted octanol–water partition coefficient (Wildman–Crippen LogP) is 3.34. The Labute approximate surface area is 167 Å². The first-order valence-corrected chi connectivity index (χ1v) is 9.00. The monoisotopic (exact) mass is 390 g/mol. The molecule has 2 aromatic rings. The van der Waals surface area contributed by atoms with E-state index in [0.29, 0.717) is 29.4 Å². The molecule has 0 atom stereocenters. The summed E-state index contributed by atoms with van der Waals surface area (Å²) in [4.78, 5) is 25.9. The Kier molecular flexibility index (Phi) is 5.13. The highest BCUT2D eigenvalue weighted by atomic mass is 16.5. The van der Waals surface area contributed by atoms with Gasteiger partial charge in [-0.15, -0.1) is 0 Å². The standard InChI is InChI=1S/C22H18N2O5/c25-21(14-28-17-11-9-15(10-12-17)22(26)23-27)24-13-16-5-1-3-7-19(16)29-20-8-4-2-6-18(20)24/h1-4,6-13,27H,5,14H2,(H,23,26). The summed E-state index contributed by atoms with van der Waals surface area (Å²) in [5.41, 5.74) is 3.38. The number of carbonyl (C=O) groups excluding carboxylic acids is 2. The van der Waals surface area contributed by atoms with Crippen molar-refractivity contribution in [2.24, 2.45) is 0 Å². The molecule has 1 heterocycles. The number of ether oxygens (including phenoxy) is 2. The fourth-order valence-electron chi connectivity index (χ4n) is 3.05. The van der Waals surface area contributed by atoms with Gasteiger partial charge >= 0.3 is 0 Å². The van der Waals surface area contributed by atoms with E-state index >= 15 is 0 Å². The van der Waals surface area contributed by atoms with Crippen LogP contribution in [0.25, 0.3) is 0 Å². The molecule has 2 N–H and O–H groups in total. The largest absolute Gasteiger partial charge is 0.484 e. The lowest BCUT2D eigenvalue weighted by atomic mass is 10.1. The lowest BCUT2D eigenvalue weighted by molar-refractivity contribution is -0.120. The molecule has 0 spiro atoms. The van der Waals surface area contributed by atoms with Crippen LogP contribution in [0.1, 0.15) is 16.8 Å². The molecule has 2 aliphatic rings. The Bertz CT molecular complexity index is 1040. The fourth-order valence-corrected chi connectivity index (χ4v) is 3.05. The summed E-state index contributed by atoms with van der Waals surface area (Å²) in [6, 6.07) is 13.4. The molecule has 7 heteroatoms. The minimum atomic E-state index is -0.620. The SMILES string of the molecule is O=C(NO)c1ccc(OCC(=O)N2C=C3CC=CC=C3Oc3ccccc32)cc1. The number of benzene rings is 2. The van der Waals surface area contributed by atoms with Crippen LogP contribution in [0.15, 0.2) is 84.3 Å². The highest BCUT2D eigenvalue weighted by molar-refractivity contribution is 5.98. The number of para-hydroxylation sites is 2. The van der Waals surface area contributed by atoms with E-state index in [1.165, 1.54) is 17.0 Å². The van der Waals surface area contributed by atoms with Crippen molar-refractivity contribution < 1.29 is 24.3 Å². The number of fused-ring (bicyclic) bond motifs is 2. The van der Waals surface area contributed by atoms with Crippen molar-refractivity contribution in [2.45, 2.75) is 6.42 Å². The van der Waals surface area contributed by atoms with E-state index in [4.69, 9.17) is 14.7 Å². The molecule has 0 unspecified atom stereocenters. The molecule has 1 aliphatic carbocycles. The molecule has 0 aromatic heterocycles. The van der Waals surface area contributed by atoms with Gasteiger partial charge in [-0.3, -0.25) is 19.7 Å². The molecule has 2 aromatic carbocycles. The summed E-state index contributed by atoms with van der Waals surface area (Å²) in [7, 11) is 0. The van der Waals surface area contributed by atoms with E-state index in [9.17, 15) is 9.59 Å². The average molecular weight is 390 g/mol. The number of nitrogens with one attached hydrogen (secondary N) is 1. The van der Waals surface area contributed by atoms with Crippen molar-refractivity contribution in [3.05, 3.63) is 89.9 Å². The van der Waals surface area contributed by atoms with Gasteiger partial charge in [0, 0.05) is 17.3 Å². The van der Waals surface area contributed by atoms with Crippen LogP contribution >= 0.6 is 0 Å². The number of rotatable bonds is 4. The second kappa shape index (κ2) is 8.04. The van der Waals surface area contributed by atoms with Crippen LogP contribution < -0.4 is 19.9 Å². The molecule has 0 saturated heterocycles. The Hall–Kier alpha value is -3.84. The lowest BCUT2D eigenvalue weighted by Gasteiger charge is -2.19. The number of amides is 2. The molecular weight excluding hydrogens is 372 g/mol. The van der Waals surface area contributed by atoms with Crippen LogP contribution in [-0.4, -0.2) is 23.6 Å². The number of allylic oxidation sites excluding steroid dienone is 4. The fraction of sp³-hybridized carbons (Fsp3) is 0.0909. The lowest BCUT2D eigenvalue weighted by Crippen LogP contribution is -2.30. The molecule has 7 nitrogen and oxygen atoms in total. The maximum absolute atomic E-state index is 12.9. The van der Waals surface area contributed by atoms with Crippen LogP contribution in [0.2, 0.25) is 0 Å². The third kappa shape index (κ3) is 3.90. The molecule has 0 radical (unpaired) electrons. The van der Waals surface area contributed by atoms with E-state index in [0.717, 1.165) is 5.57 Å². The number of hydroxylamine groups is 1. The summed E-state index contributed by atoms with van der Waals surface area (Å²) >= 11 is 0. The van der Waals surface area contributed by atoms with Crippen LogP contribution in [-0.2, 0) is 4.79 Å². The van der Waals surface area contributed by atoms with Gasteiger partial charge in [-0.1, -0.05) is 24.3 Å². The predicted molar refractivity (Wildman–Crippen MR) is 106 cm³/mol. The Morgan fingerprint density at radius 3 is 2.72 bits per heavy atom. The molecule has 0 saturated carbocycles. The van der Waals surface area contributed by atoms with Gasteiger partial charge in [0.2, 0.25) is 0 Å². The van der Waals surface area contributed by atoms with Crippen molar-refractivity contribution in [1.29, 1.82) is 0 Å². The minimum absolute atomic E-state index is 0.196. The van der Waals surface area contributed by atoms with E-state index in [2.05, 4.69) is 0 Å². The van der Waals surface area contributed by atoms with Gasteiger partial charge in [-0.05, 0) is 48.9 Å². The smallest absolute Gasteiger partial charge is 0.274 e. The Balaban J connectivity index is 1.53. The zero-order valence-electron chi connectivity index (χ0n) is 15.4. The Morgan fingerprint density at radius 1 is 1.14 bits per heavy atom. The van der Waals surface area contributed by atoms with Crippen LogP contribution in [0.4, 0.5) is 5.69 Å². The summed E-state index contributed by atoms with van der Waals surface area (Å²) in [6.07, 6.45) is 8.25. The van der Waals surface area contributed by atoms with Gasteiger partial charge in [0.05, 0.1) is 5.69 Å². The van der Waals surface area contributed by atoms with Gasteiger partial charge < -0.3 is 9.47 Å². The number of anilines is 1. The molecular formula is C22H18N2O5. The third-order valence-corrected chi connectivity index (χ3v) is 4.52. The first-order chi connectivity index (χ1) is 14.2. The number of nitrogens with zero attached hydrogens (tertiary/aromatic N) is 1. The maximum atomic E-state index is 12.9. The van der Waals surface area contributed by atoms with Gasteiger partial charge in [-0.25, -0.2) is 5.48 Å². The molecule has 146 valence electrons. The Morgan fingerprint density at radius 2 is 1.93 bits per heavy atom. The second-order valence-corrected chi connectivity index (χ2v) is 6.41. The molecule has 0 bridgehead atoms. The highest BCUT2D eigenvalue weighted by Gasteiger charge is 2.25. The summed E-state index contributed by atoms with van der Waals surface area (Å²) < 4.78 is 11.6. The van der Waals surface area contributed by atoms with Crippen LogP contribution in [0.3, 0.4) is 0 Å². The van der Waals surface area contributed by atoms with Crippen molar-refractivity contribution in [1.82, 2.24) is 5.48 Å². The number of hydrogen-bond donors (Lipinski definition) is 2. The second-order valence-electron chi connectivity index (χ2n) is 6.41. The van der Waals surface area contributed by atoms with Gasteiger partial charge in [0.15, 0.2) is 12.4 Å². The zero-order chi connectivity index (χ0) is 20.2. The highest BCUT2D eigenvalue weighted by Crippen LogP contribution is 2.36. The van der Waals surface area contributed by atoms with Crippen molar-refractivity contribution >= 4 is 17.5 Å². The minimum Gasteiger partial charge on any atom is -0.484 e. The van der Waals surface area contributed by atoms with E-state index in [-0.39, 0.29) is 18.1 Å². The van der Waals surface area contributed by atoms with E-state index < -0.39 is 5.91 Å². The first kappa shape index (κ1) is 18.5.